The summed E-state index contributed by atoms with van der Waals surface area (Å²) in [5, 5.41) is 15.6. The standard InChI is InChI=1S/C16H20ClN5O2/c1-3-23-7-8-24-10-12-5-4-6-13(17)15(12)14-9-11(2)18-16-19-20-21-22(14)16/h4-6,9,14H,3,7-8,10H2,1-2H3,(H,18,19,21). The first-order valence-corrected chi connectivity index (χ1v) is 8.24. The molecule has 1 atom stereocenters. The van der Waals surface area contributed by atoms with Gasteiger partial charge in [-0.1, -0.05) is 28.8 Å². The zero-order valence-electron chi connectivity index (χ0n) is 13.7. The third kappa shape index (κ3) is 3.58. The van der Waals surface area contributed by atoms with Crippen molar-refractivity contribution in [3.05, 3.63) is 46.1 Å². The van der Waals surface area contributed by atoms with Crippen LogP contribution in [0.5, 0.6) is 0 Å². The number of nitrogens with zero attached hydrogens (tertiary/aromatic N) is 4. The highest BCUT2D eigenvalue weighted by atomic mass is 35.5. The quantitative estimate of drug-likeness (QED) is 0.775. The lowest BCUT2D eigenvalue weighted by atomic mass is 9.99. The van der Waals surface area contributed by atoms with Crippen molar-refractivity contribution in [2.24, 2.45) is 0 Å². The number of ether oxygens (including phenoxy) is 2. The largest absolute Gasteiger partial charge is 0.379 e. The summed E-state index contributed by atoms with van der Waals surface area (Å²) in [5.41, 5.74) is 2.94. The van der Waals surface area contributed by atoms with Gasteiger partial charge >= 0.3 is 0 Å². The van der Waals surface area contributed by atoms with Crippen molar-refractivity contribution in [1.82, 2.24) is 20.2 Å². The van der Waals surface area contributed by atoms with E-state index in [9.17, 15) is 0 Å². The van der Waals surface area contributed by atoms with E-state index in [4.69, 9.17) is 21.1 Å². The van der Waals surface area contributed by atoms with E-state index >= 15 is 0 Å². The number of hydrogen-bond donors (Lipinski definition) is 1. The number of allylic oxidation sites excluding steroid dienone is 2. The molecule has 2 heterocycles. The molecular weight excluding hydrogens is 330 g/mol. The molecule has 1 unspecified atom stereocenters. The SMILES string of the molecule is CCOCCOCc1cccc(Cl)c1C1C=C(C)Nc2nnnn21. The third-order valence-electron chi connectivity index (χ3n) is 3.75. The van der Waals surface area contributed by atoms with Crippen LogP contribution in [0.2, 0.25) is 5.02 Å². The van der Waals surface area contributed by atoms with Crippen LogP contribution < -0.4 is 5.32 Å². The van der Waals surface area contributed by atoms with Gasteiger partial charge < -0.3 is 14.8 Å². The zero-order valence-corrected chi connectivity index (χ0v) is 14.5. The van der Waals surface area contributed by atoms with Gasteiger partial charge in [0.1, 0.15) is 6.04 Å². The van der Waals surface area contributed by atoms with Crippen LogP contribution in [-0.2, 0) is 16.1 Å². The van der Waals surface area contributed by atoms with Crippen LogP contribution in [0.3, 0.4) is 0 Å². The molecule has 0 spiro atoms. The molecule has 1 aromatic carbocycles. The highest BCUT2D eigenvalue weighted by molar-refractivity contribution is 6.31. The first-order chi connectivity index (χ1) is 11.7. The molecular formula is C16H20ClN5O2. The Bertz CT molecular complexity index is 731. The molecule has 1 aliphatic heterocycles. The van der Waals surface area contributed by atoms with E-state index < -0.39 is 0 Å². The Hall–Kier alpha value is -1.96. The van der Waals surface area contributed by atoms with E-state index in [2.05, 4.69) is 20.8 Å². The molecule has 8 heteroatoms. The number of halogens is 1. The van der Waals surface area contributed by atoms with Crippen molar-refractivity contribution < 1.29 is 9.47 Å². The van der Waals surface area contributed by atoms with Gasteiger partial charge in [0.2, 0.25) is 5.95 Å². The molecule has 1 N–H and O–H groups in total. The zero-order chi connectivity index (χ0) is 16.9. The second-order valence-corrected chi connectivity index (χ2v) is 5.84. The molecule has 0 radical (unpaired) electrons. The lowest BCUT2D eigenvalue weighted by Crippen LogP contribution is -2.21. The molecule has 0 fully saturated rings. The number of rotatable bonds is 7. The van der Waals surface area contributed by atoms with Gasteiger partial charge in [-0.05, 0) is 42.0 Å². The van der Waals surface area contributed by atoms with Gasteiger partial charge in [-0.15, -0.1) is 0 Å². The molecule has 1 aliphatic rings. The van der Waals surface area contributed by atoms with Crippen LogP contribution in [0.15, 0.2) is 30.0 Å². The molecule has 3 rings (SSSR count). The van der Waals surface area contributed by atoms with Crippen molar-refractivity contribution in [2.75, 3.05) is 25.1 Å². The lowest BCUT2D eigenvalue weighted by molar-refractivity contribution is 0.0449. The summed E-state index contributed by atoms with van der Waals surface area (Å²) in [6, 6.07) is 5.63. The van der Waals surface area contributed by atoms with E-state index in [0.717, 1.165) is 16.8 Å². The monoisotopic (exact) mass is 349 g/mol. The maximum Gasteiger partial charge on any atom is 0.248 e. The number of tetrazole rings is 1. The second-order valence-electron chi connectivity index (χ2n) is 5.43. The Balaban J connectivity index is 1.86. The summed E-state index contributed by atoms with van der Waals surface area (Å²) in [5.74, 6) is 0.600. The Kier molecular flexibility index (Phi) is 5.44. The number of anilines is 1. The molecule has 1 aromatic heterocycles. The number of fused-ring (bicyclic) bond motifs is 1. The Morgan fingerprint density at radius 3 is 2.96 bits per heavy atom. The van der Waals surface area contributed by atoms with Gasteiger partial charge in [0.05, 0.1) is 19.8 Å². The normalized spacial score (nSPS) is 16.5. The minimum atomic E-state index is -0.171. The minimum absolute atomic E-state index is 0.171. The molecule has 24 heavy (non-hydrogen) atoms. The second kappa shape index (κ2) is 7.74. The smallest absolute Gasteiger partial charge is 0.248 e. The molecule has 0 amide bonds. The molecule has 0 saturated carbocycles. The molecule has 0 saturated heterocycles. The van der Waals surface area contributed by atoms with Crippen LogP contribution in [0.4, 0.5) is 5.95 Å². The number of aromatic nitrogens is 4. The van der Waals surface area contributed by atoms with Gasteiger partial charge in [0.15, 0.2) is 0 Å². The van der Waals surface area contributed by atoms with Crippen LogP contribution in [0.1, 0.15) is 31.0 Å². The van der Waals surface area contributed by atoms with Gasteiger partial charge in [0.25, 0.3) is 0 Å². The molecule has 2 aromatic rings. The maximum atomic E-state index is 6.49. The predicted octanol–water partition coefficient (Wildman–Crippen LogP) is 2.80. The number of nitrogens with one attached hydrogen (secondary N) is 1. The van der Waals surface area contributed by atoms with Crippen LogP contribution in [0, 0.1) is 0 Å². The first-order valence-electron chi connectivity index (χ1n) is 7.86. The summed E-state index contributed by atoms with van der Waals surface area (Å²) in [7, 11) is 0. The predicted molar refractivity (Wildman–Crippen MR) is 90.9 cm³/mol. The Morgan fingerprint density at radius 1 is 1.29 bits per heavy atom. The average molecular weight is 350 g/mol. The van der Waals surface area contributed by atoms with E-state index in [1.807, 2.05) is 38.1 Å². The summed E-state index contributed by atoms with van der Waals surface area (Å²) in [6.07, 6.45) is 2.05. The molecule has 0 aliphatic carbocycles. The summed E-state index contributed by atoms with van der Waals surface area (Å²) >= 11 is 6.49. The van der Waals surface area contributed by atoms with Gasteiger partial charge in [-0.3, -0.25) is 0 Å². The number of hydrogen-bond acceptors (Lipinski definition) is 6. The van der Waals surface area contributed by atoms with E-state index in [1.54, 1.807) is 4.68 Å². The minimum Gasteiger partial charge on any atom is -0.379 e. The van der Waals surface area contributed by atoms with E-state index in [1.165, 1.54) is 0 Å². The van der Waals surface area contributed by atoms with Crippen LogP contribution >= 0.6 is 11.6 Å². The van der Waals surface area contributed by atoms with Crippen molar-refractivity contribution in [1.29, 1.82) is 0 Å². The van der Waals surface area contributed by atoms with Crippen molar-refractivity contribution in [2.45, 2.75) is 26.5 Å². The highest BCUT2D eigenvalue weighted by Crippen LogP contribution is 2.34. The molecule has 128 valence electrons. The van der Waals surface area contributed by atoms with Crippen LogP contribution in [0.25, 0.3) is 0 Å². The Morgan fingerprint density at radius 2 is 2.12 bits per heavy atom. The van der Waals surface area contributed by atoms with E-state index in [-0.39, 0.29) is 6.04 Å². The van der Waals surface area contributed by atoms with Crippen LogP contribution in [-0.4, -0.2) is 40.0 Å². The van der Waals surface area contributed by atoms with Crippen molar-refractivity contribution >= 4 is 17.5 Å². The third-order valence-corrected chi connectivity index (χ3v) is 4.08. The summed E-state index contributed by atoms with van der Waals surface area (Å²) < 4.78 is 12.7. The fourth-order valence-electron chi connectivity index (χ4n) is 2.68. The topological polar surface area (TPSA) is 74.1 Å². The fraction of sp³-hybridized carbons (Fsp3) is 0.438. The van der Waals surface area contributed by atoms with E-state index in [0.29, 0.717) is 37.4 Å². The van der Waals surface area contributed by atoms with Gasteiger partial charge in [-0.25, -0.2) is 0 Å². The van der Waals surface area contributed by atoms with Crippen molar-refractivity contribution in [3.8, 4) is 0 Å². The summed E-state index contributed by atoms with van der Waals surface area (Å²) in [4.78, 5) is 0. The molecule has 0 bridgehead atoms. The maximum absolute atomic E-state index is 6.49. The van der Waals surface area contributed by atoms with Gasteiger partial charge in [-0.2, -0.15) is 4.68 Å². The Labute approximate surface area is 145 Å². The molecule has 7 nitrogen and oxygen atoms in total. The fourth-order valence-corrected chi connectivity index (χ4v) is 2.98. The van der Waals surface area contributed by atoms with Crippen molar-refractivity contribution in [3.63, 3.8) is 0 Å². The van der Waals surface area contributed by atoms with Gasteiger partial charge in [0, 0.05) is 22.9 Å². The average Bonchev–Trinajstić information content (AvgIpc) is 3.02. The number of benzene rings is 1. The lowest BCUT2D eigenvalue weighted by Gasteiger charge is -2.24. The first kappa shape index (κ1) is 16.9. The highest BCUT2D eigenvalue weighted by Gasteiger charge is 2.26. The summed E-state index contributed by atoms with van der Waals surface area (Å²) in [6.45, 7) is 6.20.